The van der Waals surface area contributed by atoms with Crippen LogP contribution in [0, 0.1) is 11.7 Å². The van der Waals surface area contributed by atoms with Crippen LogP contribution < -0.4 is 10.6 Å². The monoisotopic (exact) mass is 447 g/mol. The molecular formula is C22H26FN3O4S. The third-order valence-electron chi connectivity index (χ3n) is 5.27. The molecule has 1 aliphatic heterocycles. The lowest BCUT2D eigenvalue weighted by Gasteiger charge is -2.32. The van der Waals surface area contributed by atoms with Gasteiger partial charge < -0.3 is 10.6 Å². The van der Waals surface area contributed by atoms with Crippen molar-refractivity contribution < 1.29 is 22.4 Å². The van der Waals surface area contributed by atoms with Crippen LogP contribution in [0.5, 0.6) is 0 Å². The number of benzene rings is 2. The number of sulfonamides is 1. The number of hydrogen-bond acceptors (Lipinski definition) is 4. The Morgan fingerprint density at radius 2 is 1.87 bits per heavy atom. The van der Waals surface area contributed by atoms with E-state index in [2.05, 4.69) is 10.6 Å². The van der Waals surface area contributed by atoms with Crippen molar-refractivity contribution in [1.82, 2.24) is 9.62 Å². The summed E-state index contributed by atoms with van der Waals surface area (Å²) in [6.07, 6.45) is 1.14. The molecule has 3 rings (SSSR count). The Bertz CT molecular complexity index is 1060. The number of nitrogens with one attached hydrogen (secondary N) is 2. The van der Waals surface area contributed by atoms with E-state index in [0.29, 0.717) is 25.1 Å². The van der Waals surface area contributed by atoms with E-state index in [4.69, 9.17) is 0 Å². The molecule has 166 valence electrons. The molecule has 2 unspecified atom stereocenters. The zero-order valence-electron chi connectivity index (χ0n) is 17.5. The van der Waals surface area contributed by atoms with Crippen LogP contribution in [0.25, 0.3) is 0 Å². The molecule has 0 spiro atoms. The lowest BCUT2D eigenvalue weighted by atomic mass is 9.98. The fourth-order valence-corrected chi connectivity index (χ4v) is 5.16. The summed E-state index contributed by atoms with van der Waals surface area (Å²) >= 11 is 0. The van der Waals surface area contributed by atoms with Gasteiger partial charge in [0.25, 0.3) is 0 Å². The first kappa shape index (κ1) is 22.9. The quantitative estimate of drug-likeness (QED) is 0.712. The Kier molecular flexibility index (Phi) is 7.07. The zero-order valence-corrected chi connectivity index (χ0v) is 18.3. The van der Waals surface area contributed by atoms with Gasteiger partial charge in [-0.15, -0.1) is 0 Å². The van der Waals surface area contributed by atoms with E-state index in [0.717, 1.165) is 17.7 Å². The molecule has 1 fully saturated rings. The molecule has 9 heteroatoms. The predicted molar refractivity (Wildman–Crippen MR) is 115 cm³/mol. The fraction of sp³-hybridized carbons (Fsp3) is 0.364. The van der Waals surface area contributed by atoms with Gasteiger partial charge in [-0.2, -0.15) is 4.31 Å². The molecule has 2 aromatic rings. The molecule has 7 nitrogen and oxygen atoms in total. The van der Waals surface area contributed by atoms with E-state index in [-0.39, 0.29) is 29.3 Å². The largest absolute Gasteiger partial charge is 0.349 e. The standard InChI is InChI=1S/C22H26FN3O4S/c1-15(17-5-3-7-20(13-17)25-16(2)27)24-22(28)18-6-4-12-26(14-18)31(29,30)21-10-8-19(23)9-11-21/h3,5,7-11,13,15,18H,4,6,12,14H2,1-2H3,(H,24,28)(H,25,27). The van der Waals surface area contributed by atoms with Gasteiger partial charge in [0.15, 0.2) is 0 Å². The highest BCUT2D eigenvalue weighted by Gasteiger charge is 2.33. The first-order chi connectivity index (χ1) is 14.7. The van der Waals surface area contributed by atoms with Crippen molar-refractivity contribution >= 4 is 27.5 Å². The first-order valence-electron chi connectivity index (χ1n) is 10.1. The van der Waals surface area contributed by atoms with E-state index in [1.54, 1.807) is 18.2 Å². The second kappa shape index (κ2) is 9.57. The van der Waals surface area contributed by atoms with Gasteiger partial charge in [0.2, 0.25) is 21.8 Å². The van der Waals surface area contributed by atoms with Crippen LogP contribution in [0.4, 0.5) is 10.1 Å². The van der Waals surface area contributed by atoms with Gasteiger partial charge in [-0.3, -0.25) is 9.59 Å². The summed E-state index contributed by atoms with van der Waals surface area (Å²) < 4.78 is 40.2. The highest BCUT2D eigenvalue weighted by Crippen LogP contribution is 2.25. The van der Waals surface area contributed by atoms with Crippen molar-refractivity contribution in [2.75, 3.05) is 18.4 Å². The van der Waals surface area contributed by atoms with E-state index in [1.807, 2.05) is 13.0 Å². The molecule has 1 aliphatic rings. The highest BCUT2D eigenvalue weighted by atomic mass is 32.2. The van der Waals surface area contributed by atoms with Gasteiger partial charge in [0.05, 0.1) is 16.9 Å². The fourth-order valence-electron chi connectivity index (χ4n) is 3.63. The minimum atomic E-state index is -3.80. The number of rotatable bonds is 6. The van der Waals surface area contributed by atoms with Gasteiger partial charge in [-0.05, 0) is 61.7 Å². The summed E-state index contributed by atoms with van der Waals surface area (Å²) in [4.78, 5) is 24.1. The van der Waals surface area contributed by atoms with Gasteiger partial charge in [0, 0.05) is 25.7 Å². The van der Waals surface area contributed by atoms with E-state index in [9.17, 15) is 22.4 Å². The predicted octanol–water partition coefficient (Wildman–Crippen LogP) is 3.06. The number of carbonyl (C=O) groups excluding carboxylic acids is 2. The molecule has 2 aromatic carbocycles. The maximum absolute atomic E-state index is 13.2. The van der Waals surface area contributed by atoms with E-state index >= 15 is 0 Å². The number of anilines is 1. The molecule has 1 saturated heterocycles. The van der Waals surface area contributed by atoms with Gasteiger partial charge in [0.1, 0.15) is 5.82 Å². The van der Waals surface area contributed by atoms with Crippen LogP contribution >= 0.6 is 0 Å². The van der Waals surface area contributed by atoms with E-state index < -0.39 is 21.8 Å². The zero-order chi connectivity index (χ0) is 22.6. The summed E-state index contributed by atoms with van der Waals surface area (Å²) in [5, 5.41) is 5.65. The molecule has 2 atom stereocenters. The average molecular weight is 448 g/mol. The minimum Gasteiger partial charge on any atom is -0.349 e. The number of carbonyl (C=O) groups is 2. The summed E-state index contributed by atoms with van der Waals surface area (Å²) in [7, 11) is -3.80. The van der Waals surface area contributed by atoms with Gasteiger partial charge in [-0.1, -0.05) is 12.1 Å². The Hall–Kier alpha value is -2.78. The molecule has 0 aromatic heterocycles. The molecule has 2 N–H and O–H groups in total. The first-order valence-corrected chi connectivity index (χ1v) is 11.5. The number of nitrogens with zero attached hydrogens (tertiary/aromatic N) is 1. The maximum atomic E-state index is 13.2. The summed E-state index contributed by atoms with van der Waals surface area (Å²) in [5.74, 6) is -1.40. The van der Waals surface area contributed by atoms with Gasteiger partial charge >= 0.3 is 0 Å². The van der Waals surface area contributed by atoms with Gasteiger partial charge in [-0.25, -0.2) is 12.8 Å². The Morgan fingerprint density at radius 1 is 1.16 bits per heavy atom. The van der Waals surface area contributed by atoms with Crippen LogP contribution in [-0.4, -0.2) is 37.6 Å². The number of piperidine rings is 1. The molecule has 1 heterocycles. The Balaban J connectivity index is 1.67. The molecule has 0 aliphatic carbocycles. The van der Waals surface area contributed by atoms with Crippen molar-refractivity contribution in [2.24, 2.45) is 5.92 Å². The number of halogens is 1. The van der Waals surface area contributed by atoms with Crippen LogP contribution in [0.15, 0.2) is 53.4 Å². The van der Waals surface area contributed by atoms with Crippen LogP contribution in [-0.2, 0) is 19.6 Å². The van der Waals surface area contributed by atoms with Crippen molar-refractivity contribution in [2.45, 2.75) is 37.6 Å². The van der Waals surface area contributed by atoms with E-state index in [1.165, 1.54) is 23.4 Å². The lowest BCUT2D eigenvalue weighted by molar-refractivity contribution is -0.126. The van der Waals surface area contributed by atoms with Crippen LogP contribution in [0.1, 0.15) is 38.3 Å². The lowest BCUT2D eigenvalue weighted by Crippen LogP contribution is -2.45. The Morgan fingerprint density at radius 3 is 2.55 bits per heavy atom. The van der Waals surface area contributed by atoms with Crippen molar-refractivity contribution in [1.29, 1.82) is 0 Å². The number of hydrogen-bond donors (Lipinski definition) is 2. The minimum absolute atomic E-state index is 0.0121. The smallest absolute Gasteiger partial charge is 0.243 e. The van der Waals surface area contributed by atoms with Crippen LogP contribution in [0.2, 0.25) is 0 Å². The molecule has 31 heavy (non-hydrogen) atoms. The third-order valence-corrected chi connectivity index (χ3v) is 7.15. The highest BCUT2D eigenvalue weighted by molar-refractivity contribution is 7.89. The topological polar surface area (TPSA) is 95.6 Å². The third kappa shape index (κ3) is 5.68. The number of amides is 2. The van der Waals surface area contributed by atoms with Crippen molar-refractivity contribution in [3.05, 3.63) is 59.9 Å². The average Bonchev–Trinajstić information content (AvgIpc) is 2.74. The van der Waals surface area contributed by atoms with Crippen molar-refractivity contribution in [3.63, 3.8) is 0 Å². The SMILES string of the molecule is CC(=O)Nc1cccc(C(C)NC(=O)C2CCCN(S(=O)(=O)c3ccc(F)cc3)C2)c1. The summed E-state index contributed by atoms with van der Waals surface area (Å²) in [6, 6.07) is 11.6. The molecule has 2 amide bonds. The molecule has 0 saturated carbocycles. The molecular weight excluding hydrogens is 421 g/mol. The Labute approximate surface area is 181 Å². The molecule has 0 bridgehead atoms. The molecule has 0 radical (unpaired) electrons. The summed E-state index contributed by atoms with van der Waals surface area (Å²) in [6.45, 7) is 3.65. The maximum Gasteiger partial charge on any atom is 0.243 e. The normalized spacial score (nSPS) is 18.2. The second-order valence-electron chi connectivity index (χ2n) is 7.69. The summed E-state index contributed by atoms with van der Waals surface area (Å²) in [5.41, 5.74) is 1.46. The van der Waals surface area contributed by atoms with Crippen molar-refractivity contribution in [3.8, 4) is 0 Å². The second-order valence-corrected chi connectivity index (χ2v) is 9.63. The van der Waals surface area contributed by atoms with Crippen LogP contribution in [0.3, 0.4) is 0 Å².